The van der Waals surface area contributed by atoms with Crippen LogP contribution in [0, 0.1) is 5.92 Å². The summed E-state index contributed by atoms with van der Waals surface area (Å²) in [7, 11) is 0. The van der Waals surface area contributed by atoms with Crippen molar-refractivity contribution in [1.82, 2.24) is 15.1 Å². The third-order valence-electron chi connectivity index (χ3n) is 4.11. The quantitative estimate of drug-likeness (QED) is 0.875. The normalized spacial score (nSPS) is 18.9. The van der Waals surface area contributed by atoms with Crippen molar-refractivity contribution < 1.29 is 4.79 Å². The number of carbonyl (C=O) groups excluding carboxylic acids is 1. The van der Waals surface area contributed by atoms with Crippen LogP contribution >= 0.6 is 11.3 Å². The van der Waals surface area contributed by atoms with Crippen LogP contribution in [0.25, 0.3) is 0 Å². The summed E-state index contributed by atoms with van der Waals surface area (Å²) in [6.45, 7) is 12.3. The molecule has 1 atom stereocenters. The lowest BCUT2D eigenvalue weighted by Crippen LogP contribution is -2.49. The predicted molar refractivity (Wildman–Crippen MR) is 88.6 cm³/mol. The van der Waals surface area contributed by atoms with Crippen LogP contribution in [0.4, 0.5) is 0 Å². The molecule has 0 aliphatic carbocycles. The summed E-state index contributed by atoms with van der Waals surface area (Å²) in [5.74, 6) is 0.552. The number of hydrogen-bond donors (Lipinski definition) is 1. The highest BCUT2D eigenvalue weighted by molar-refractivity contribution is 7.10. The van der Waals surface area contributed by atoms with Crippen molar-refractivity contribution in [3.63, 3.8) is 0 Å². The van der Waals surface area contributed by atoms with Crippen molar-refractivity contribution in [2.24, 2.45) is 5.92 Å². The highest BCUT2D eigenvalue weighted by Crippen LogP contribution is 2.25. The number of likely N-dealkylation sites (N-methyl/N-ethyl adjacent to an activating group) is 1. The van der Waals surface area contributed by atoms with Crippen molar-refractivity contribution in [2.45, 2.75) is 26.8 Å². The second-order valence-electron chi connectivity index (χ2n) is 6.02. The average Bonchev–Trinajstić information content (AvgIpc) is 2.99. The number of piperazine rings is 1. The molecule has 0 unspecified atom stereocenters. The van der Waals surface area contributed by atoms with E-state index in [0.29, 0.717) is 12.5 Å². The minimum Gasteiger partial charge on any atom is -0.347 e. The molecule has 0 aromatic carbocycles. The van der Waals surface area contributed by atoms with Gasteiger partial charge in [-0.15, -0.1) is 11.3 Å². The van der Waals surface area contributed by atoms with Gasteiger partial charge in [0, 0.05) is 31.1 Å². The summed E-state index contributed by atoms with van der Waals surface area (Å²) in [5.41, 5.74) is 0. The molecule has 0 bridgehead atoms. The molecule has 5 heteroatoms. The van der Waals surface area contributed by atoms with Gasteiger partial charge in [-0.1, -0.05) is 26.8 Å². The number of thiophene rings is 1. The highest BCUT2D eigenvalue weighted by Gasteiger charge is 2.22. The van der Waals surface area contributed by atoms with E-state index in [1.807, 2.05) is 6.07 Å². The molecule has 0 saturated carbocycles. The fourth-order valence-electron chi connectivity index (χ4n) is 2.72. The minimum atomic E-state index is 0.134. The monoisotopic (exact) mass is 309 g/mol. The van der Waals surface area contributed by atoms with E-state index in [1.54, 1.807) is 11.3 Å². The molecule has 2 heterocycles. The lowest BCUT2D eigenvalue weighted by molar-refractivity contribution is -0.123. The summed E-state index contributed by atoms with van der Waals surface area (Å²) in [6.07, 6.45) is 0. The topological polar surface area (TPSA) is 35.6 Å². The maximum absolute atomic E-state index is 12.3. The SMILES string of the molecule is CCN1CCN(CC(=O)N[C@H](c2cccs2)C(C)C)CC1. The fourth-order valence-corrected chi connectivity index (χ4v) is 3.67. The van der Waals surface area contributed by atoms with Crippen molar-refractivity contribution in [1.29, 1.82) is 0 Å². The average molecular weight is 309 g/mol. The Hall–Kier alpha value is -0.910. The summed E-state index contributed by atoms with van der Waals surface area (Å²) < 4.78 is 0. The number of hydrogen-bond acceptors (Lipinski definition) is 4. The molecule has 1 aliphatic heterocycles. The van der Waals surface area contributed by atoms with Gasteiger partial charge in [0.15, 0.2) is 0 Å². The van der Waals surface area contributed by atoms with E-state index in [-0.39, 0.29) is 11.9 Å². The maximum atomic E-state index is 12.3. The smallest absolute Gasteiger partial charge is 0.234 e. The maximum Gasteiger partial charge on any atom is 0.234 e. The van der Waals surface area contributed by atoms with Gasteiger partial charge in [0.05, 0.1) is 12.6 Å². The standard InChI is InChI=1S/C16H27N3OS/c1-4-18-7-9-19(10-8-18)12-15(20)17-16(13(2)3)14-6-5-11-21-14/h5-6,11,13,16H,4,7-10,12H2,1-3H3,(H,17,20)/t16-/m0/s1. The lowest BCUT2D eigenvalue weighted by atomic mass is 10.0. The second-order valence-corrected chi connectivity index (χ2v) is 6.99. The number of nitrogens with zero attached hydrogens (tertiary/aromatic N) is 2. The van der Waals surface area contributed by atoms with E-state index >= 15 is 0 Å². The van der Waals surface area contributed by atoms with Crippen LogP contribution in [0.1, 0.15) is 31.7 Å². The zero-order valence-electron chi connectivity index (χ0n) is 13.3. The lowest BCUT2D eigenvalue weighted by Gasteiger charge is -2.34. The van der Waals surface area contributed by atoms with Gasteiger partial charge in [0.25, 0.3) is 0 Å². The largest absolute Gasteiger partial charge is 0.347 e. The van der Waals surface area contributed by atoms with Gasteiger partial charge in [-0.05, 0) is 23.9 Å². The molecular formula is C16H27N3OS. The molecule has 1 aromatic rings. The van der Waals surface area contributed by atoms with Crippen LogP contribution in [0.15, 0.2) is 17.5 Å². The summed E-state index contributed by atoms with van der Waals surface area (Å²) in [4.78, 5) is 18.2. The van der Waals surface area contributed by atoms with Crippen LogP contribution in [0.3, 0.4) is 0 Å². The first-order valence-corrected chi connectivity index (χ1v) is 8.75. The Morgan fingerprint density at radius 3 is 2.48 bits per heavy atom. The Balaban J connectivity index is 1.83. The number of rotatable bonds is 6. The van der Waals surface area contributed by atoms with Gasteiger partial charge in [-0.25, -0.2) is 0 Å². The summed E-state index contributed by atoms with van der Waals surface area (Å²) in [6, 6.07) is 4.29. The van der Waals surface area contributed by atoms with Crippen LogP contribution in [0.2, 0.25) is 0 Å². The van der Waals surface area contributed by atoms with E-state index in [2.05, 4.69) is 47.3 Å². The molecule has 1 amide bonds. The van der Waals surface area contributed by atoms with Crippen LogP contribution in [0.5, 0.6) is 0 Å². The Morgan fingerprint density at radius 1 is 1.29 bits per heavy atom. The van der Waals surface area contributed by atoms with E-state index in [9.17, 15) is 4.79 Å². The van der Waals surface area contributed by atoms with Crippen LogP contribution < -0.4 is 5.32 Å². The molecule has 1 fully saturated rings. The first-order chi connectivity index (χ1) is 10.1. The molecule has 4 nitrogen and oxygen atoms in total. The van der Waals surface area contributed by atoms with E-state index < -0.39 is 0 Å². The first kappa shape index (κ1) is 16.5. The number of nitrogens with one attached hydrogen (secondary N) is 1. The fraction of sp³-hybridized carbons (Fsp3) is 0.688. The van der Waals surface area contributed by atoms with Crippen LogP contribution in [-0.4, -0.2) is 55.0 Å². The minimum absolute atomic E-state index is 0.134. The number of carbonyl (C=O) groups is 1. The molecule has 118 valence electrons. The Kier molecular flexibility index (Phi) is 6.21. The van der Waals surface area contributed by atoms with Gasteiger partial charge in [-0.2, -0.15) is 0 Å². The van der Waals surface area contributed by atoms with Gasteiger partial charge in [-0.3, -0.25) is 9.69 Å². The Morgan fingerprint density at radius 2 is 1.95 bits per heavy atom. The number of amides is 1. The molecule has 2 rings (SSSR count). The van der Waals surface area contributed by atoms with Crippen molar-refractivity contribution in [2.75, 3.05) is 39.3 Å². The van der Waals surface area contributed by atoms with Gasteiger partial charge < -0.3 is 10.2 Å². The molecule has 0 radical (unpaired) electrons. The molecule has 21 heavy (non-hydrogen) atoms. The molecular weight excluding hydrogens is 282 g/mol. The zero-order valence-corrected chi connectivity index (χ0v) is 14.2. The molecule has 1 N–H and O–H groups in total. The van der Waals surface area contributed by atoms with Crippen molar-refractivity contribution in [3.8, 4) is 0 Å². The Labute approximate surface area is 132 Å². The van der Waals surface area contributed by atoms with Gasteiger partial charge in [0.1, 0.15) is 0 Å². The summed E-state index contributed by atoms with van der Waals surface area (Å²) >= 11 is 1.72. The zero-order chi connectivity index (χ0) is 15.2. The molecule has 1 aliphatic rings. The third-order valence-corrected chi connectivity index (χ3v) is 5.07. The van der Waals surface area contributed by atoms with Crippen molar-refractivity contribution in [3.05, 3.63) is 22.4 Å². The van der Waals surface area contributed by atoms with Gasteiger partial charge >= 0.3 is 0 Å². The third kappa shape index (κ3) is 4.80. The highest BCUT2D eigenvalue weighted by atomic mass is 32.1. The van der Waals surface area contributed by atoms with E-state index in [0.717, 1.165) is 32.7 Å². The van der Waals surface area contributed by atoms with Gasteiger partial charge in [0.2, 0.25) is 5.91 Å². The molecule has 1 saturated heterocycles. The van der Waals surface area contributed by atoms with Crippen LogP contribution in [-0.2, 0) is 4.79 Å². The van der Waals surface area contributed by atoms with E-state index in [4.69, 9.17) is 0 Å². The first-order valence-electron chi connectivity index (χ1n) is 7.87. The Bertz CT molecular complexity index is 425. The second kappa shape index (κ2) is 7.92. The molecule has 1 aromatic heterocycles. The van der Waals surface area contributed by atoms with E-state index in [1.165, 1.54) is 4.88 Å². The predicted octanol–water partition coefficient (Wildman–Crippen LogP) is 2.20. The summed E-state index contributed by atoms with van der Waals surface area (Å²) in [5, 5.41) is 5.28. The van der Waals surface area contributed by atoms with Crippen molar-refractivity contribution >= 4 is 17.2 Å². The molecule has 0 spiro atoms.